The maximum Gasteiger partial charge on any atom is 0.0581 e. The van der Waals surface area contributed by atoms with Gasteiger partial charge in [-0.3, -0.25) is 0 Å². The van der Waals surface area contributed by atoms with Gasteiger partial charge in [-0.2, -0.15) is 0 Å². The van der Waals surface area contributed by atoms with E-state index >= 15 is 0 Å². The first-order chi connectivity index (χ1) is 12.2. The molecule has 120 valence electrons. The van der Waals surface area contributed by atoms with Crippen molar-refractivity contribution in [2.24, 2.45) is 0 Å². The van der Waals surface area contributed by atoms with Crippen LogP contribution in [-0.2, 0) is 5.41 Å². The Bertz CT molecular complexity index is 1090. The summed E-state index contributed by atoms with van der Waals surface area (Å²) in [6.45, 7) is 4.41. The molecule has 1 spiro atoms. The summed E-state index contributed by atoms with van der Waals surface area (Å²) >= 11 is 0. The van der Waals surface area contributed by atoms with E-state index in [0.717, 1.165) is 0 Å². The highest BCUT2D eigenvalue weighted by Crippen LogP contribution is 2.54. The van der Waals surface area contributed by atoms with Gasteiger partial charge in [-0.25, -0.2) is 0 Å². The minimum atomic E-state index is -0.172. The van der Waals surface area contributed by atoms with Crippen molar-refractivity contribution in [3.63, 3.8) is 0 Å². The smallest absolute Gasteiger partial charge is 0.0581 e. The van der Waals surface area contributed by atoms with E-state index in [1.54, 1.807) is 0 Å². The van der Waals surface area contributed by atoms with Crippen molar-refractivity contribution in [3.8, 4) is 11.1 Å². The minimum absolute atomic E-state index is 0.172. The van der Waals surface area contributed by atoms with Gasteiger partial charge in [-0.1, -0.05) is 90.6 Å². The Balaban J connectivity index is 2.00. The monoisotopic (exact) mass is 320 g/mol. The summed E-state index contributed by atoms with van der Waals surface area (Å²) in [6.07, 6.45) is 13.3. The van der Waals surface area contributed by atoms with Crippen LogP contribution in [0.25, 0.3) is 21.9 Å². The molecule has 0 saturated carbocycles. The highest BCUT2D eigenvalue weighted by atomic mass is 14.4. The molecule has 5 rings (SSSR count). The van der Waals surface area contributed by atoms with E-state index in [-0.39, 0.29) is 5.41 Å². The average molecular weight is 320 g/mol. The average Bonchev–Trinajstić information content (AvgIpc) is 2.78. The topological polar surface area (TPSA) is 0 Å². The van der Waals surface area contributed by atoms with Crippen molar-refractivity contribution in [2.45, 2.75) is 19.3 Å². The molecule has 0 aliphatic heterocycles. The number of benzene rings is 3. The van der Waals surface area contributed by atoms with E-state index in [1.807, 2.05) is 0 Å². The number of rotatable bonds is 0. The Morgan fingerprint density at radius 2 is 1.40 bits per heavy atom. The SMILES string of the molecule is Cc1ccc2c(c1)C1(C=CC=CC=C1)c1cc(C)c3ccccc3c1-2. The number of allylic oxidation sites excluding steroid dienone is 6. The Morgan fingerprint density at radius 3 is 2.16 bits per heavy atom. The molecular weight excluding hydrogens is 300 g/mol. The fourth-order valence-electron chi connectivity index (χ4n) is 4.49. The van der Waals surface area contributed by atoms with E-state index in [2.05, 4.69) is 98.8 Å². The highest BCUT2D eigenvalue weighted by molar-refractivity contribution is 6.04. The van der Waals surface area contributed by atoms with Gasteiger partial charge in [0.25, 0.3) is 0 Å². The predicted octanol–water partition coefficient (Wildman–Crippen LogP) is 6.41. The molecule has 0 saturated heterocycles. The first kappa shape index (κ1) is 14.5. The molecule has 2 aliphatic carbocycles. The Labute approximate surface area is 148 Å². The van der Waals surface area contributed by atoms with Gasteiger partial charge in [0.05, 0.1) is 5.41 Å². The van der Waals surface area contributed by atoms with Gasteiger partial charge in [0, 0.05) is 0 Å². The van der Waals surface area contributed by atoms with Crippen molar-refractivity contribution in [1.29, 1.82) is 0 Å². The molecule has 0 unspecified atom stereocenters. The van der Waals surface area contributed by atoms with Gasteiger partial charge in [0.1, 0.15) is 0 Å². The second-order valence-corrected chi connectivity index (χ2v) is 7.18. The lowest BCUT2D eigenvalue weighted by molar-refractivity contribution is 0.844. The van der Waals surface area contributed by atoms with Gasteiger partial charge in [0.15, 0.2) is 0 Å². The number of aryl methyl sites for hydroxylation is 2. The highest BCUT2D eigenvalue weighted by Gasteiger charge is 2.40. The van der Waals surface area contributed by atoms with Crippen LogP contribution in [0.1, 0.15) is 22.3 Å². The van der Waals surface area contributed by atoms with Gasteiger partial charge in [0.2, 0.25) is 0 Å². The lowest BCUT2D eigenvalue weighted by Crippen LogP contribution is -2.19. The zero-order valence-electron chi connectivity index (χ0n) is 14.6. The van der Waals surface area contributed by atoms with Crippen LogP contribution in [0.5, 0.6) is 0 Å². The van der Waals surface area contributed by atoms with Gasteiger partial charge < -0.3 is 0 Å². The molecule has 3 aromatic rings. The van der Waals surface area contributed by atoms with Crippen molar-refractivity contribution < 1.29 is 0 Å². The molecule has 0 atom stereocenters. The molecule has 25 heavy (non-hydrogen) atoms. The third-order valence-corrected chi connectivity index (χ3v) is 5.64. The summed E-state index contributed by atoms with van der Waals surface area (Å²) < 4.78 is 0. The van der Waals surface area contributed by atoms with Crippen LogP contribution >= 0.6 is 0 Å². The second-order valence-electron chi connectivity index (χ2n) is 7.18. The molecule has 2 aliphatic rings. The zero-order valence-corrected chi connectivity index (χ0v) is 14.6. The molecule has 0 N–H and O–H groups in total. The fourth-order valence-corrected chi connectivity index (χ4v) is 4.49. The molecule has 0 fully saturated rings. The minimum Gasteiger partial charge on any atom is -0.0658 e. The summed E-state index contributed by atoms with van der Waals surface area (Å²) in [7, 11) is 0. The van der Waals surface area contributed by atoms with Gasteiger partial charge in [-0.15, -0.1) is 0 Å². The standard InChI is InChI=1S/C25H20/c1-17-11-12-21-22(15-17)25(13-7-3-4-8-14-25)23-16-18(2)19-9-5-6-10-20(19)24(21)23/h3-16H,1-2H3. The summed E-state index contributed by atoms with van der Waals surface area (Å²) in [5, 5.41) is 2.71. The summed E-state index contributed by atoms with van der Waals surface area (Å²) in [4.78, 5) is 0. The zero-order chi connectivity index (χ0) is 17.0. The molecule has 0 nitrogen and oxygen atoms in total. The van der Waals surface area contributed by atoms with E-state index in [9.17, 15) is 0 Å². The van der Waals surface area contributed by atoms with Crippen LogP contribution in [0.4, 0.5) is 0 Å². The van der Waals surface area contributed by atoms with E-state index in [4.69, 9.17) is 0 Å². The lowest BCUT2D eigenvalue weighted by Gasteiger charge is -2.25. The molecule has 0 bridgehead atoms. The van der Waals surface area contributed by atoms with Crippen molar-refractivity contribution in [3.05, 3.63) is 107 Å². The first-order valence-electron chi connectivity index (χ1n) is 8.89. The van der Waals surface area contributed by atoms with Crippen molar-refractivity contribution in [1.82, 2.24) is 0 Å². The molecule has 3 aromatic carbocycles. The Morgan fingerprint density at radius 1 is 0.680 bits per heavy atom. The van der Waals surface area contributed by atoms with E-state index in [1.165, 1.54) is 44.2 Å². The van der Waals surface area contributed by atoms with Crippen molar-refractivity contribution >= 4 is 10.8 Å². The number of fused-ring (bicyclic) bond motifs is 7. The van der Waals surface area contributed by atoms with Crippen LogP contribution in [0, 0.1) is 13.8 Å². The maximum atomic E-state index is 2.40. The maximum absolute atomic E-state index is 2.40. The molecule has 0 heterocycles. The number of hydrogen-bond acceptors (Lipinski definition) is 0. The van der Waals surface area contributed by atoms with E-state index < -0.39 is 0 Å². The molecule has 0 aromatic heterocycles. The first-order valence-corrected chi connectivity index (χ1v) is 8.89. The Hall–Kier alpha value is -2.86. The number of hydrogen-bond donors (Lipinski definition) is 0. The fraction of sp³-hybridized carbons (Fsp3) is 0.120. The summed E-state index contributed by atoms with van der Waals surface area (Å²) in [5.74, 6) is 0. The predicted molar refractivity (Wildman–Crippen MR) is 107 cm³/mol. The molecule has 0 radical (unpaired) electrons. The van der Waals surface area contributed by atoms with Gasteiger partial charge in [-0.05, 0) is 52.4 Å². The van der Waals surface area contributed by atoms with Crippen LogP contribution in [0.15, 0.2) is 85.0 Å². The van der Waals surface area contributed by atoms with Crippen LogP contribution in [0.2, 0.25) is 0 Å². The third kappa shape index (κ3) is 1.88. The van der Waals surface area contributed by atoms with Crippen LogP contribution < -0.4 is 0 Å². The van der Waals surface area contributed by atoms with Crippen LogP contribution in [0.3, 0.4) is 0 Å². The largest absolute Gasteiger partial charge is 0.0658 e. The molecule has 0 amide bonds. The summed E-state index contributed by atoms with van der Waals surface area (Å²) in [5.41, 5.74) is 8.05. The summed E-state index contributed by atoms with van der Waals surface area (Å²) in [6, 6.07) is 18.1. The third-order valence-electron chi connectivity index (χ3n) is 5.64. The second kappa shape index (κ2) is 5.07. The van der Waals surface area contributed by atoms with Crippen LogP contribution in [-0.4, -0.2) is 0 Å². The van der Waals surface area contributed by atoms with Crippen molar-refractivity contribution in [2.75, 3.05) is 0 Å². The molecular formula is C25H20. The van der Waals surface area contributed by atoms with E-state index in [0.29, 0.717) is 0 Å². The Kier molecular flexibility index (Phi) is 2.93. The lowest BCUT2D eigenvalue weighted by atomic mass is 9.76. The quantitative estimate of drug-likeness (QED) is 0.449. The molecule has 0 heteroatoms. The van der Waals surface area contributed by atoms with Gasteiger partial charge >= 0.3 is 0 Å². The normalized spacial score (nSPS) is 16.2.